The van der Waals surface area contributed by atoms with Crippen LogP contribution in [0.4, 0.5) is 0 Å². The van der Waals surface area contributed by atoms with E-state index in [1.807, 2.05) is 13.8 Å². The molecule has 8 heteroatoms. The molecular formula is C12H19BrN2O3S2. The third kappa shape index (κ3) is 2.82. The highest BCUT2D eigenvalue weighted by molar-refractivity contribution is 9.11. The molecule has 1 saturated carbocycles. The van der Waals surface area contributed by atoms with Crippen molar-refractivity contribution in [3.8, 4) is 0 Å². The zero-order valence-electron chi connectivity index (χ0n) is 11.6. The van der Waals surface area contributed by atoms with Gasteiger partial charge in [-0.1, -0.05) is 13.8 Å². The summed E-state index contributed by atoms with van der Waals surface area (Å²) in [4.78, 5) is 1.10. The number of hydrogen-bond acceptors (Lipinski definition) is 5. The van der Waals surface area contributed by atoms with Crippen LogP contribution in [0.15, 0.2) is 14.7 Å². The first-order chi connectivity index (χ1) is 9.22. The van der Waals surface area contributed by atoms with Gasteiger partial charge in [0, 0.05) is 30.0 Å². The second kappa shape index (κ2) is 5.66. The average Bonchev–Trinajstić information content (AvgIpc) is 2.76. The molecular weight excluding hydrogens is 364 g/mol. The van der Waals surface area contributed by atoms with Crippen molar-refractivity contribution >= 4 is 37.3 Å². The van der Waals surface area contributed by atoms with Gasteiger partial charge in [0.2, 0.25) is 10.0 Å². The molecule has 2 rings (SSSR count). The fourth-order valence-corrected chi connectivity index (χ4v) is 6.38. The first-order valence-corrected chi connectivity index (χ1v) is 9.35. The number of rotatable bonds is 5. The Morgan fingerprint density at radius 2 is 2.25 bits per heavy atom. The molecule has 1 aliphatic rings. The Morgan fingerprint density at radius 3 is 2.70 bits per heavy atom. The number of sulfonamides is 1. The van der Waals surface area contributed by atoms with Crippen molar-refractivity contribution in [3.05, 3.63) is 14.7 Å². The summed E-state index contributed by atoms with van der Waals surface area (Å²) in [6.07, 6.45) is 0.773. The van der Waals surface area contributed by atoms with Crippen LogP contribution in [-0.2, 0) is 21.3 Å². The summed E-state index contributed by atoms with van der Waals surface area (Å²) in [7, 11) is -1.89. The molecule has 1 aromatic heterocycles. The van der Waals surface area contributed by atoms with Crippen molar-refractivity contribution in [2.45, 2.75) is 43.9 Å². The lowest BCUT2D eigenvalue weighted by molar-refractivity contribution is -0.0908. The summed E-state index contributed by atoms with van der Waals surface area (Å²) in [5.41, 5.74) is 5.34. The van der Waals surface area contributed by atoms with Crippen LogP contribution in [0.2, 0.25) is 0 Å². The first-order valence-electron chi connectivity index (χ1n) is 6.25. The normalized spacial score (nSPS) is 25.4. The largest absolute Gasteiger partial charge is 0.381 e. The summed E-state index contributed by atoms with van der Waals surface area (Å²) in [6.45, 7) is 4.34. The standard InChI is InChI=1S/C12H19BrN2O3S2/c1-12(2)9(5-10(12)18-3)15-20(16,17)8-4-7(6-14)19-11(8)13/h4,9-10,15H,5-6,14H2,1-3H3. The van der Waals surface area contributed by atoms with E-state index >= 15 is 0 Å². The second-order valence-electron chi connectivity index (χ2n) is 5.51. The first kappa shape index (κ1) is 16.4. The molecule has 0 spiro atoms. The number of thiophene rings is 1. The van der Waals surface area contributed by atoms with Crippen molar-refractivity contribution in [1.29, 1.82) is 0 Å². The molecule has 2 atom stereocenters. The Balaban J connectivity index is 2.18. The molecule has 3 N–H and O–H groups in total. The van der Waals surface area contributed by atoms with Gasteiger partial charge in [-0.15, -0.1) is 11.3 Å². The summed E-state index contributed by atoms with van der Waals surface area (Å²) in [5, 5.41) is 0. The Hall–Kier alpha value is 0.01000. The SMILES string of the molecule is COC1CC(NS(=O)(=O)c2cc(CN)sc2Br)C1(C)C. The Morgan fingerprint density at radius 1 is 1.60 bits per heavy atom. The minimum Gasteiger partial charge on any atom is -0.381 e. The minimum atomic E-state index is -3.54. The number of nitrogens with two attached hydrogens (primary N) is 1. The van der Waals surface area contributed by atoms with Crippen molar-refractivity contribution in [1.82, 2.24) is 4.72 Å². The molecule has 0 saturated heterocycles. The van der Waals surface area contributed by atoms with E-state index in [9.17, 15) is 8.42 Å². The van der Waals surface area contributed by atoms with Gasteiger partial charge in [0.1, 0.15) is 4.90 Å². The molecule has 20 heavy (non-hydrogen) atoms. The quantitative estimate of drug-likeness (QED) is 0.816. The smallest absolute Gasteiger partial charge is 0.242 e. The second-order valence-corrected chi connectivity index (χ2v) is 9.65. The summed E-state index contributed by atoms with van der Waals surface area (Å²) in [5.74, 6) is 0. The van der Waals surface area contributed by atoms with Crippen LogP contribution in [0.1, 0.15) is 25.1 Å². The van der Waals surface area contributed by atoms with E-state index in [0.717, 1.165) is 4.88 Å². The van der Waals surface area contributed by atoms with Crippen LogP contribution < -0.4 is 10.5 Å². The maximum Gasteiger partial charge on any atom is 0.242 e. The maximum absolute atomic E-state index is 12.5. The highest BCUT2D eigenvalue weighted by atomic mass is 79.9. The van der Waals surface area contributed by atoms with Gasteiger partial charge in [-0.2, -0.15) is 0 Å². The number of halogens is 1. The molecule has 0 bridgehead atoms. The molecule has 5 nitrogen and oxygen atoms in total. The van der Waals surface area contributed by atoms with Crippen molar-refractivity contribution < 1.29 is 13.2 Å². The summed E-state index contributed by atoms with van der Waals surface area (Å²) < 4.78 is 33.6. The molecule has 0 aliphatic heterocycles. The van der Waals surface area contributed by atoms with Crippen molar-refractivity contribution in [3.63, 3.8) is 0 Å². The fraction of sp³-hybridized carbons (Fsp3) is 0.667. The van der Waals surface area contributed by atoms with Crippen LogP contribution in [-0.4, -0.2) is 27.7 Å². The number of hydrogen-bond donors (Lipinski definition) is 2. The van der Waals surface area contributed by atoms with Gasteiger partial charge < -0.3 is 10.5 Å². The Bertz CT molecular complexity index is 598. The Labute approximate surface area is 132 Å². The number of nitrogens with one attached hydrogen (secondary N) is 1. The van der Waals surface area contributed by atoms with Crippen LogP contribution in [0.3, 0.4) is 0 Å². The van der Waals surface area contributed by atoms with Crippen LogP contribution in [0.25, 0.3) is 0 Å². The third-order valence-corrected chi connectivity index (χ3v) is 7.70. The highest BCUT2D eigenvalue weighted by Crippen LogP contribution is 2.43. The maximum atomic E-state index is 12.5. The van der Waals surface area contributed by atoms with E-state index in [1.54, 1.807) is 13.2 Å². The van der Waals surface area contributed by atoms with Crippen molar-refractivity contribution in [2.24, 2.45) is 11.1 Å². The lowest BCUT2D eigenvalue weighted by Crippen LogP contribution is -2.61. The van der Waals surface area contributed by atoms with Gasteiger partial charge in [-0.3, -0.25) is 0 Å². The van der Waals surface area contributed by atoms with Crippen LogP contribution in [0, 0.1) is 5.41 Å². The molecule has 0 radical (unpaired) electrons. The van der Waals surface area contributed by atoms with Crippen molar-refractivity contribution in [2.75, 3.05) is 7.11 Å². The summed E-state index contributed by atoms with van der Waals surface area (Å²) in [6, 6.07) is 1.50. The monoisotopic (exact) mass is 382 g/mol. The molecule has 1 fully saturated rings. The van der Waals surface area contributed by atoms with Gasteiger partial charge in [-0.25, -0.2) is 13.1 Å². The third-order valence-electron chi connectivity index (χ3n) is 3.96. The van der Waals surface area contributed by atoms with Gasteiger partial charge in [-0.05, 0) is 28.4 Å². The number of methoxy groups -OCH3 is 1. The fourth-order valence-electron chi connectivity index (χ4n) is 2.42. The van der Waals surface area contributed by atoms with E-state index in [0.29, 0.717) is 16.8 Å². The van der Waals surface area contributed by atoms with Gasteiger partial charge in [0.05, 0.1) is 9.89 Å². The van der Waals surface area contributed by atoms with Gasteiger partial charge in [0.25, 0.3) is 0 Å². The Kier molecular flexibility index (Phi) is 4.63. The van der Waals surface area contributed by atoms with Crippen LogP contribution >= 0.6 is 27.3 Å². The van der Waals surface area contributed by atoms with E-state index < -0.39 is 10.0 Å². The van der Waals surface area contributed by atoms with Crippen LogP contribution in [0.5, 0.6) is 0 Å². The van der Waals surface area contributed by atoms with E-state index in [-0.39, 0.29) is 22.5 Å². The average molecular weight is 383 g/mol. The zero-order valence-corrected chi connectivity index (χ0v) is 14.9. The lowest BCUT2D eigenvalue weighted by Gasteiger charge is -2.50. The number of ether oxygens (including phenoxy) is 1. The lowest BCUT2D eigenvalue weighted by atomic mass is 9.65. The topological polar surface area (TPSA) is 81.4 Å². The molecule has 0 aromatic carbocycles. The minimum absolute atomic E-state index is 0.0840. The highest BCUT2D eigenvalue weighted by Gasteiger charge is 2.50. The zero-order chi connectivity index (χ0) is 15.1. The molecule has 2 unspecified atom stereocenters. The van der Waals surface area contributed by atoms with Gasteiger partial charge >= 0.3 is 0 Å². The molecule has 0 amide bonds. The van der Waals surface area contributed by atoms with E-state index in [4.69, 9.17) is 10.5 Å². The molecule has 1 heterocycles. The summed E-state index contributed by atoms with van der Waals surface area (Å²) >= 11 is 4.64. The predicted molar refractivity (Wildman–Crippen MR) is 83.2 cm³/mol. The van der Waals surface area contributed by atoms with E-state index in [2.05, 4.69) is 20.7 Å². The van der Waals surface area contributed by atoms with E-state index in [1.165, 1.54) is 11.3 Å². The molecule has 114 valence electrons. The molecule has 1 aromatic rings. The molecule has 1 aliphatic carbocycles. The van der Waals surface area contributed by atoms with Gasteiger partial charge in [0.15, 0.2) is 0 Å². The predicted octanol–water partition coefficient (Wildman–Crippen LogP) is 2.06.